The van der Waals surface area contributed by atoms with Crippen molar-refractivity contribution in [2.45, 2.75) is 6.92 Å². The summed E-state index contributed by atoms with van der Waals surface area (Å²) in [4.78, 5) is 12.0. The van der Waals surface area contributed by atoms with Crippen molar-refractivity contribution in [2.75, 3.05) is 17.9 Å². The van der Waals surface area contributed by atoms with Crippen LogP contribution in [0, 0.1) is 18.3 Å². The van der Waals surface area contributed by atoms with E-state index in [0.29, 0.717) is 5.56 Å². The number of ether oxygens (including phenoxy) is 1. The molecule has 0 spiro atoms. The van der Waals surface area contributed by atoms with Crippen molar-refractivity contribution >= 4 is 17.6 Å². The molecule has 0 saturated heterocycles. The van der Waals surface area contributed by atoms with Gasteiger partial charge in [-0.15, -0.1) is 0 Å². The van der Waals surface area contributed by atoms with Crippen LogP contribution in [0.15, 0.2) is 18.2 Å². The summed E-state index contributed by atoms with van der Waals surface area (Å²) < 4.78 is 4.96. The Morgan fingerprint density at radius 3 is 2.65 bits per heavy atom. The van der Waals surface area contributed by atoms with E-state index in [1.165, 1.54) is 7.11 Å². The van der Waals surface area contributed by atoms with E-state index in [4.69, 9.17) is 15.8 Å². The Morgan fingerprint density at radius 1 is 1.25 bits per heavy atom. The average Bonchev–Trinajstić information content (AvgIpc) is 2.49. The van der Waals surface area contributed by atoms with E-state index in [1.807, 2.05) is 13.0 Å². The van der Waals surface area contributed by atoms with Gasteiger partial charge in [-0.2, -0.15) is 20.2 Å². The first-order valence-corrected chi connectivity index (χ1v) is 5.70. The van der Waals surface area contributed by atoms with Crippen molar-refractivity contribution in [2.24, 2.45) is 5.84 Å². The third-order valence-electron chi connectivity index (χ3n) is 2.54. The van der Waals surface area contributed by atoms with Gasteiger partial charge in [0.05, 0.1) is 18.7 Å². The zero-order valence-corrected chi connectivity index (χ0v) is 11.0. The molecular weight excluding hydrogens is 258 g/mol. The number of nitriles is 1. The van der Waals surface area contributed by atoms with Gasteiger partial charge in [0.1, 0.15) is 0 Å². The van der Waals surface area contributed by atoms with Crippen molar-refractivity contribution in [1.82, 2.24) is 15.0 Å². The van der Waals surface area contributed by atoms with Gasteiger partial charge in [0.2, 0.25) is 11.9 Å². The molecule has 0 aliphatic carbocycles. The minimum Gasteiger partial charge on any atom is -0.467 e. The van der Waals surface area contributed by atoms with Crippen molar-refractivity contribution in [3.63, 3.8) is 0 Å². The van der Waals surface area contributed by atoms with E-state index >= 15 is 0 Å². The lowest BCUT2D eigenvalue weighted by molar-refractivity contribution is 0.379. The van der Waals surface area contributed by atoms with Gasteiger partial charge in [-0.1, -0.05) is 6.07 Å². The summed E-state index contributed by atoms with van der Waals surface area (Å²) in [7, 11) is 1.45. The number of hydrazine groups is 1. The van der Waals surface area contributed by atoms with Gasteiger partial charge in [-0.3, -0.25) is 5.43 Å². The number of aromatic nitrogens is 3. The third-order valence-corrected chi connectivity index (χ3v) is 2.54. The van der Waals surface area contributed by atoms with E-state index in [9.17, 15) is 0 Å². The Balaban J connectivity index is 2.36. The Bertz CT molecular complexity index is 643. The molecule has 0 bridgehead atoms. The minimum atomic E-state index is 0.129. The molecule has 0 atom stereocenters. The van der Waals surface area contributed by atoms with E-state index < -0.39 is 0 Å². The molecule has 8 heteroatoms. The molecule has 0 radical (unpaired) electrons. The molecular formula is C12H13N7O. The molecule has 8 nitrogen and oxygen atoms in total. The fourth-order valence-electron chi connectivity index (χ4n) is 1.51. The highest BCUT2D eigenvalue weighted by Gasteiger charge is 2.08. The summed E-state index contributed by atoms with van der Waals surface area (Å²) in [5, 5.41) is 11.9. The van der Waals surface area contributed by atoms with Crippen LogP contribution >= 0.6 is 0 Å². The predicted octanol–water partition coefficient (Wildman–Crippen LogP) is 1.09. The van der Waals surface area contributed by atoms with Crippen LogP contribution in [-0.4, -0.2) is 22.1 Å². The molecule has 0 saturated carbocycles. The number of rotatable bonds is 4. The first kappa shape index (κ1) is 13.5. The molecule has 102 valence electrons. The largest absolute Gasteiger partial charge is 0.467 e. The van der Waals surface area contributed by atoms with Crippen LogP contribution in [0.3, 0.4) is 0 Å². The molecule has 0 fully saturated rings. The lowest BCUT2D eigenvalue weighted by atomic mass is 10.1. The third kappa shape index (κ3) is 2.90. The van der Waals surface area contributed by atoms with Gasteiger partial charge in [0, 0.05) is 5.69 Å². The zero-order valence-electron chi connectivity index (χ0n) is 11.0. The number of nitrogens with two attached hydrogens (primary N) is 1. The minimum absolute atomic E-state index is 0.129. The quantitative estimate of drug-likeness (QED) is 0.558. The van der Waals surface area contributed by atoms with E-state index in [2.05, 4.69) is 31.8 Å². The smallest absolute Gasteiger partial charge is 0.322 e. The summed E-state index contributed by atoms with van der Waals surface area (Å²) in [6.45, 7) is 1.91. The molecule has 0 aliphatic heterocycles. The molecule has 2 rings (SSSR count). The standard InChI is InChI=1S/C12H13N7O/c1-7-3-4-8(6-13)5-9(7)15-10-16-11(19-14)18-12(17-10)20-2/h3-5H,14H2,1-2H3,(H2,15,16,17,18,19). The summed E-state index contributed by atoms with van der Waals surface area (Å²) in [5.41, 5.74) is 4.54. The van der Waals surface area contributed by atoms with Crippen LogP contribution in [0.1, 0.15) is 11.1 Å². The van der Waals surface area contributed by atoms with E-state index in [-0.39, 0.29) is 17.9 Å². The summed E-state index contributed by atoms with van der Waals surface area (Å²) in [6.07, 6.45) is 0. The van der Waals surface area contributed by atoms with Crippen molar-refractivity contribution in [1.29, 1.82) is 5.26 Å². The van der Waals surface area contributed by atoms with Gasteiger partial charge in [-0.25, -0.2) is 5.84 Å². The predicted molar refractivity (Wildman–Crippen MR) is 73.4 cm³/mol. The van der Waals surface area contributed by atoms with Gasteiger partial charge in [0.15, 0.2) is 0 Å². The Hall–Kier alpha value is -2.92. The first-order chi connectivity index (χ1) is 9.66. The molecule has 0 amide bonds. The molecule has 1 aromatic heterocycles. The molecule has 4 N–H and O–H groups in total. The Kier molecular flexibility index (Phi) is 3.93. The highest BCUT2D eigenvalue weighted by Crippen LogP contribution is 2.21. The highest BCUT2D eigenvalue weighted by molar-refractivity contribution is 5.61. The van der Waals surface area contributed by atoms with Crippen LogP contribution in [0.4, 0.5) is 17.6 Å². The van der Waals surface area contributed by atoms with Crippen molar-refractivity contribution in [3.8, 4) is 12.1 Å². The molecule has 1 heterocycles. The van der Waals surface area contributed by atoms with Crippen LogP contribution in [-0.2, 0) is 0 Å². The fourth-order valence-corrected chi connectivity index (χ4v) is 1.51. The maximum atomic E-state index is 8.92. The lowest BCUT2D eigenvalue weighted by Crippen LogP contribution is -2.13. The normalized spacial score (nSPS) is 9.70. The number of hydrogen-bond acceptors (Lipinski definition) is 8. The van der Waals surface area contributed by atoms with Crippen molar-refractivity contribution < 1.29 is 4.74 Å². The topological polar surface area (TPSA) is 122 Å². The van der Waals surface area contributed by atoms with E-state index in [0.717, 1.165) is 11.3 Å². The van der Waals surface area contributed by atoms with Crippen LogP contribution < -0.4 is 21.3 Å². The second kappa shape index (κ2) is 5.81. The maximum Gasteiger partial charge on any atom is 0.322 e. The number of nitrogen functional groups attached to an aromatic ring is 1. The monoisotopic (exact) mass is 271 g/mol. The van der Waals surface area contributed by atoms with Gasteiger partial charge in [-0.05, 0) is 24.6 Å². The maximum absolute atomic E-state index is 8.92. The van der Waals surface area contributed by atoms with Crippen molar-refractivity contribution in [3.05, 3.63) is 29.3 Å². The number of benzene rings is 1. The Labute approximate surface area is 115 Å². The SMILES string of the molecule is COc1nc(NN)nc(Nc2cc(C#N)ccc2C)n1. The van der Waals surface area contributed by atoms with Crippen LogP contribution in [0.2, 0.25) is 0 Å². The van der Waals surface area contributed by atoms with E-state index in [1.54, 1.807) is 12.1 Å². The zero-order chi connectivity index (χ0) is 14.5. The number of nitrogens with one attached hydrogen (secondary N) is 2. The molecule has 2 aromatic rings. The lowest BCUT2D eigenvalue weighted by Gasteiger charge is -2.10. The fraction of sp³-hybridized carbons (Fsp3) is 0.167. The second-order valence-corrected chi connectivity index (χ2v) is 3.88. The second-order valence-electron chi connectivity index (χ2n) is 3.88. The first-order valence-electron chi connectivity index (χ1n) is 5.70. The molecule has 1 aromatic carbocycles. The van der Waals surface area contributed by atoms with Crippen LogP contribution in [0.25, 0.3) is 0 Å². The molecule has 0 aliphatic rings. The van der Waals surface area contributed by atoms with Crippen LogP contribution in [0.5, 0.6) is 6.01 Å². The average molecular weight is 271 g/mol. The number of hydrogen-bond donors (Lipinski definition) is 3. The molecule has 0 unspecified atom stereocenters. The summed E-state index contributed by atoms with van der Waals surface area (Å²) in [5.74, 6) is 5.72. The van der Waals surface area contributed by atoms with Gasteiger partial charge < -0.3 is 10.1 Å². The number of anilines is 3. The van der Waals surface area contributed by atoms with Gasteiger partial charge >= 0.3 is 6.01 Å². The Morgan fingerprint density at radius 2 is 2.00 bits per heavy atom. The summed E-state index contributed by atoms with van der Waals surface area (Å²) >= 11 is 0. The number of methoxy groups -OCH3 is 1. The number of aryl methyl sites for hydroxylation is 1. The summed E-state index contributed by atoms with van der Waals surface area (Å²) in [6, 6.07) is 7.49. The highest BCUT2D eigenvalue weighted by atomic mass is 16.5. The van der Waals surface area contributed by atoms with Gasteiger partial charge in [0.25, 0.3) is 0 Å². The number of nitrogens with zero attached hydrogens (tertiary/aromatic N) is 4. The molecule has 20 heavy (non-hydrogen) atoms.